The Kier molecular flexibility index (Phi) is 5.23. The van der Waals surface area contributed by atoms with E-state index in [0.29, 0.717) is 11.0 Å². The Labute approximate surface area is 138 Å². The Morgan fingerprint density at radius 2 is 1.92 bits per heavy atom. The summed E-state index contributed by atoms with van der Waals surface area (Å²) >= 11 is 0. The van der Waals surface area contributed by atoms with Gasteiger partial charge in [0.1, 0.15) is 23.4 Å². The minimum Gasteiger partial charge on any atom is -0.460 e. The first-order valence-corrected chi connectivity index (χ1v) is 7.43. The van der Waals surface area contributed by atoms with Gasteiger partial charge in [-0.1, -0.05) is 18.2 Å². The molecule has 0 aliphatic rings. The molecule has 1 amide bonds. The molecular formula is C17H19NO6. The number of esters is 1. The molecule has 0 bridgehead atoms. The van der Waals surface area contributed by atoms with Crippen LogP contribution in [0.25, 0.3) is 11.0 Å². The van der Waals surface area contributed by atoms with Gasteiger partial charge in [0.25, 0.3) is 0 Å². The van der Waals surface area contributed by atoms with Crippen molar-refractivity contribution in [3.8, 4) is 0 Å². The van der Waals surface area contributed by atoms with Crippen LogP contribution in [0.15, 0.2) is 39.5 Å². The number of rotatable bonds is 4. The third-order valence-corrected chi connectivity index (χ3v) is 2.86. The van der Waals surface area contributed by atoms with E-state index in [4.69, 9.17) is 13.9 Å². The highest BCUT2D eigenvalue weighted by Crippen LogP contribution is 2.13. The Morgan fingerprint density at radius 3 is 2.62 bits per heavy atom. The van der Waals surface area contributed by atoms with E-state index in [2.05, 4.69) is 5.32 Å². The topological polar surface area (TPSA) is 94.8 Å². The maximum atomic E-state index is 12.0. The van der Waals surface area contributed by atoms with Crippen LogP contribution in [0.3, 0.4) is 0 Å². The highest BCUT2D eigenvalue weighted by molar-refractivity contribution is 5.92. The van der Waals surface area contributed by atoms with Crippen molar-refractivity contribution in [2.24, 2.45) is 0 Å². The molecule has 24 heavy (non-hydrogen) atoms. The van der Waals surface area contributed by atoms with Crippen LogP contribution in [-0.2, 0) is 9.47 Å². The van der Waals surface area contributed by atoms with E-state index < -0.39 is 23.3 Å². The number of fused-ring (bicyclic) bond motifs is 1. The number of carbonyl (C=O) groups excluding carboxylic acids is 2. The number of para-hydroxylation sites is 1. The summed E-state index contributed by atoms with van der Waals surface area (Å²) in [5, 5.41) is 3.07. The van der Waals surface area contributed by atoms with Gasteiger partial charge in [-0.05, 0) is 32.9 Å². The molecule has 0 aliphatic carbocycles. The average molecular weight is 333 g/mol. The van der Waals surface area contributed by atoms with Crippen LogP contribution in [0.1, 0.15) is 31.1 Å². The lowest BCUT2D eigenvalue weighted by atomic mass is 10.2. The van der Waals surface area contributed by atoms with Crippen LogP contribution in [0.5, 0.6) is 0 Å². The Hall–Kier alpha value is -2.83. The normalized spacial score (nSPS) is 11.1. The maximum Gasteiger partial charge on any atom is 0.407 e. The van der Waals surface area contributed by atoms with Crippen LogP contribution < -0.4 is 10.9 Å². The van der Waals surface area contributed by atoms with Gasteiger partial charge in [0, 0.05) is 5.39 Å². The van der Waals surface area contributed by atoms with Gasteiger partial charge in [-0.15, -0.1) is 0 Å². The van der Waals surface area contributed by atoms with Crippen LogP contribution in [0.4, 0.5) is 4.79 Å². The quantitative estimate of drug-likeness (QED) is 0.525. The minimum absolute atomic E-state index is 0.0690. The molecule has 0 aliphatic heterocycles. The predicted octanol–water partition coefficient (Wildman–Crippen LogP) is 2.47. The van der Waals surface area contributed by atoms with E-state index in [0.717, 1.165) is 0 Å². The van der Waals surface area contributed by atoms with E-state index >= 15 is 0 Å². The van der Waals surface area contributed by atoms with E-state index in [1.165, 1.54) is 6.07 Å². The molecular weight excluding hydrogens is 314 g/mol. The SMILES string of the molecule is CC(C)(C)OC(=O)NCCOC(=O)c1cc2ccccc2oc1=O. The lowest BCUT2D eigenvalue weighted by molar-refractivity contribution is 0.0431. The molecule has 0 fully saturated rings. The van der Waals surface area contributed by atoms with Gasteiger partial charge in [0.15, 0.2) is 0 Å². The van der Waals surface area contributed by atoms with Gasteiger partial charge in [-0.25, -0.2) is 14.4 Å². The number of nitrogens with one attached hydrogen (secondary N) is 1. The molecule has 1 heterocycles. The zero-order valence-corrected chi connectivity index (χ0v) is 13.8. The predicted molar refractivity (Wildman–Crippen MR) is 87.0 cm³/mol. The number of carbonyl (C=O) groups is 2. The number of amides is 1. The molecule has 0 atom stereocenters. The molecule has 2 rings (SSSR count). The van der Waals surface area contributed by atoms with Gasteiger partial charge in [0.05, 0.1) is 6.54 Å². The summed E-state index contributed by atoms with van der Waals surface area (Å²) in [6.45, 7) is 5.20. The van der Waals surface area contributed by atoms with Crippen molar-refractivity contribution < 1.29 is 23.5 Å². The lowest BCUT2D eigenvalue weighted by Gasteiger charge is -2.19. The third-order valence-electron chi connectivity index (χ3n) is 2.86. The van der Waals surface area contributed by atoms with Crippen LogP contribution in [-0.4, -0.2) is 30.8 Å². The summed E-state index contributed by atoms with van der Waals surface area (Å²) in [6.07, 6.45) is -0.608. The Morgan fingerprint density at radius 1 is 1.21 bits per heavy atom. The highest BCUT2D eigenvalue weighted by atomic mass is 16.6. The summed E-state index contributed by atoms with van der Waals surface area (Å²) in [5.41, 5.74) is -1.17. The number of alkyl carbamates (subject to hydrolysis) is 1. The van der Waals surface area contributed by atoms with E-state index in [1.54, 1.807) is 45.0 Å². The fourth-order valence-electron chi connectivity index (χ4n) is 1.89. The second-order valence-corrected chi connectivity index (χ2v) is 6.05. The molecule has 1 aromatic heterocycles. The van der Waals surface area contributed by atoms with Crippen molar-refractivity contribution in [3.63, 3.8) is 0 Å². The van der Waals surface area contributed by atoms with E-state index in [1.807, 2.05) is 0 Å². The molecule has 7 nitrogen and oxygen atoms in total. The second kappa shape index (κ2) is 7.16. The average Bonchev–Trinajstić information content (AvgIpc) is 2.49. The van der Waals surface area contributed by atoms with Crippen LogP contribution in [0.2, 0.25) is 0 Å². The molecule has 1 aromatic carbocycles. The first kappa shape index (κ1) is 17.5. The monoisotopic (exact) mass is 333 g/mol. The van der Waals surface area contributed by atoms with Crippen molar-refractivity contribution in [2.75, 3.05) is 13.2 Å². The summed E-state index contributed by atoms with van der Waals surface area (Å²) in [5.74, 6) is -0.805. The van der Waals surface area contributed by atoms with Crippen molar-refractivity contribution in [1.29, 1.82) is 0 Å². The molecule has 0 saturated carbocycles. The van der Waals surface area contributed by atoms with Gasteiger partial charge in [0.2, 0.25) is 0 Å². The molecule has 0 radical (unpaired) electrons. The van der Waals surface area contributed by atoms with Crippen molar-refractivity contribution in [2.45, 2.75) is 26.4 Å². The summed E-state index contributed by atoms with van der Waals surface area (Å²) in [6, 6.07) is 8.27. The maximum absolute atomic E-state index is 12.0. The Balaban J connectivity index is 1.90. The van der Waals surface area contributed by atoms with Crippen molar-refractivity contribution in [3.05, 3.63) is 46.3 Å². The fraction of sp³-hybridized carbons (Fsp3) is 0.353. The molecule has 7 heteroatoms. The van der Waals surface area contributed by atoms with Crippen molar-refractivity contribution in [1.82, 2.24) is 5.32 Å². The van der Waals surface area contributed by atoms with Gasteiger partial charge < -0.3 is 19.2 Å². The summed E-state index contributed by atoms with van der Waals surface area (Å²) < 4.78 is 15.1. The number of hydrogen-bond acceptors (Lipinski definition) is 6. The van der Waals surface area contributed by atoms with Crippen LogP contribution in [0, 0.1) is 0 Å². The van der Waals surface area contributed by atoms with E-state index in [9.17, 15) is 14.4 Å². The van der Waals surface area contributed by atoms with Crippen LogP contribution >= 0.6 is 0 Å². The largest absolute Gasteiger partial charge is 0.460 e. The third kappa shape index (κ3) is 4.84. The van der Waals surface area contributed by atoms with Gasteiger partial charge >= 0.3 is 17.7 Å². The smallest absolute Gasteiger partial charge is 0.407 e. The van der Waals surface area contributed by atoms with Gasteiger partial charge in [-0.3, -0.25) is 0 Å². The fourth-order valence-corrected chi connectivity index (χ4v) is 1.89. The van der Waals surface area contributed by atoms with Crippen molar-refractivity contribution >= 4 is 23.0 Å². The standard InChI is InChI=1S/C17H19NO6/c1-17(2,3)24-16(21)18-8-9-22-14(19)12-10-11-6-4-5-7-13(11)23-15(12)20/h4-7,10H,8-9H2,1-3H3,(H,18,21). The first-order valence-electron chi connectivity index (χ1n) is 7.43. The van der Waals surface area contributed by atoms with E-state index in [-0.39, 0.29) is 18.7 Å². The molecule has 128 valence electrons. The number of hydrogen-bond donors (Lipinski definition) is 1. The summed E-state index contributed by atoms with van der Waals surface area (Å²) in [4.78, 5) is 35.2. The molecule has 0 saturated heterocycles. The molecule has 2 aromatic rings. The molecule has 1 N–H and O–H groups in total. The second-order valence-electron chi connectivity index (χ2n) is 6.05. The highest BCUT2D eigenvalue weighted by Gasteiger charge is 2.17. The zero-order chi connectivity index (χ0) is 17.7. The molecule has 0 spiro atoms. The number of ether oxygens (including phenoxy) is 2. The Bertz CT molecular complexity index is 803. The summed E-state index contributed by atoms with van der Waals surface area (Å²) in [7, 11) is 0. The zero-order valence-electron chi connectivity index (χ0n) is 13.8. The van der Waals surface area contributed by atoms with Gasteiger partial charge in [-0.2, -0.15) is 0 Å². The molecule has 0 unspecified atom stereocenters. The lowest BCUT2D eigenvalue weighted by Crippen LogP contribution is -2.34. The minimum atomic E-state index is -0.805. The first-order chi connectivity index (χ1) is 11.3. The number of benzene rings is 1.